The van der Waals surface area contributed by atoms with Gasteiger partial charge in [0.1, 0.15) is 5.82 Å². The zero-order chi connectivity index (χ0) is 14.0. The summed E-state index contributed by atoms with van der Waals surface area (Å²) >= 11 is 5.62. The second-order valence-corrected chi connectivity index (χ2v) is 5.09. The van der Waals surface area contributed by atoms with E-state index >= 15 is 0 Å². The number of halogens is 2. The first-order chi connectivity index (χ1) is 8.97. The van der Waals surface area contributed by atoms with Crippen LogP contribution in [-0.2, 0) is 9.59 Å². The minimum Gasteiger partial charge on any atom is -0.481 e. The van der Waals surface area contributed by atoms with E-state index in [1.165, 1.54) is 12.1 Å². The van der Waals surface area contributed by atoms with E-state index in [-0.39, 0.29) is 22.5 Å². The summed E-state index contributed by atoms with van der Waals surface area (Å²) < 4.78 is 13.5. The van der Waals surface area contributed by atoms with Crippen LogP contribution in [0.25, 0.3) is 0 Å². The summed E-state index contributed by atoms with van der Waals surface area (Å²) in [4.78, 5) is 22.7. The fourth-order valence-corrected chi connectivity index (χ4v) is 2.43. The summed E-state index contributed by atoms with van der Waals surface area (Å²) in [7, 11) is 0. The molecule has 2 rings (SSSR count). The Morgan fingerprint density at radius 1 is 1.32 bits per heavy atom. The van der Waals surface area contributed by atoms with Gasteiger partial charge in [-0.15, -0.1) is 0 Å². The van der Waals surface area contributed by atoms with Crippen LogP contribution in [0, 0.1) is 17.7 Å². The highest BCUT2D eigenvalue weighted by atomic mass is 35.5. The Kier molecular flexibility index (Phi) is 4.04. The molecule has 0 radical (unpaired) electrons. The van der Waals surface area contributed by atoms with Crippen LogP contribution in [0.15, 0.2) is 18.2 Å². The van der Waals surface area contributed by atoms with Crippen LogP contribution in [-0.4, -0.2) is 17.0 Å². The zero-order valence-electron chi connectivity index (χ0n) is 10.0. The third kappa shape index (κ3) is 3.23. The predicted molar refractivity (Wildman–Crippen MR) is 68.5 cm³/mol. The summed E-state index contributed by atoms with van der Waals surface area (Å²) in [5, 5.41) is 11.6. The summed E-state index contributed by atoms with van der Waals surface area (Å²) in [6.45, 7) is 0. The van der Waals surface area contributed by atoms with Crippen molar-refractivity contribution in [2.45, 2.75) is 19.3 Å². The molecule has 1 saturated carbocycles. The third-order valence-corrected chi connectivity index (χ3v) is 3.58. The van der Waals surface area contributed by atoms with Gasteiger partial charge < -0.3 is 10.4 Å². The lowest BCUT2D eigenvalue weighted by Gasteiger charge is -2.11. The molecule has 1 aliphatic rings. The Bertz CT molecular complexity index is 521. The summed E-state index contributed by atoms with van der Waals surface area (Å²) in [5.41, 5.74) is 0.0631. The second-order valence-electron chi connectivity index (χ2n) is 4.66. The van der Waals surface area contributed by atoms with Gasteiger partial charge in [0.15, 0.2) is 0 Å². The van der Waals surface area contributed by atoms with E-state index in [0.717, 1.165) is 6.07 Å². The van der Waals surface area contributed by atoms with Gasteiger partial charge in [0.25, 0.3) is 0 Å². The van der Waals surface area contributed by atoms with Crippen molar-refractivity contribution >= 4 is 29.2 Å². The first-order valence-corrected chi connectivity index (χ1v) is 6.34. The lowest BCUT2D eigenvalue weighted by atomic mass is 10.0. The van der Waals surface area contributed by atoms with Crippen molar-refractivity contribution in [2.24, 2.45) is 11.8 Å². The number of rotatable bonds is 3. The number of amides is 1. The first-order valence-electron chi connectivity index (χ1n) is 5.96. The SMILES string of the molecule is O=C(O)C1CCC(C(=O)Nc2ccc(Cl)cc2F)C1. The van der Waals surface area contributed by atoms with Crippen molar-refractivity contribution in [3.63, 3.8) is 0 Å². The number of aliphatic carboxylic acids is 1. The number of nitrogens with one attached hydrogen (secondary N) is 1. The average molecular weight is 286 g/mol. The number of carboxylic acid groups (broad SMARTS) is 1. The van der Waals surface area contributed by atoms with Crippen molar-refractivity contribution in [3.05, 3.63) is 29.0 Å². The number of carbonyl (C=O) groups excluding carboxylic acids is 1. The fraction of sp³-hybridized carbons (Fsp3) is 0.385. The molecule has 0 bridgehead atoms. The fourth-order valence-electron chi connectivity index (χ4n) is 2.27. The molecule has 0 saturated heterocycles. The van der Waals surface area contributed by atoms with Crippen LogP contribution < -0.4 is 5.32 Å². The van der Waals surface area contributed by atoms with Gasteiger partial charge in [0.2, 0.25) is 5.91 Å². The molecule has 2 N–H and O–H groups in total. The molecule has 4 nitrogen and oxygen atoms in total. The van der Waals surface area contributed by atoms with Gasteiger partial charge in [-0.3, -0.25) is 9.59 Å². The maximum Gasteiger partial charge on any atom is 0.306 e. The highest BCUT2D eigenvalue weighted by Gasteiger charge is 2.33. The zero-order valence-corrected chi connectivity index (χ0v) is 10.8. The van der Waals surface area contributed by atoms with Gasteiger partial charge in [-0.25, -0.2) is 4.39 Å². The van der Waals surface area contributed by atoms with E-state index in [1.54, 1.807) is 0 Å². The summed E-state index contributed by atoms with van der Waals surface area (Å²) in [6.07, 6.45) is 1.30. The van der Waals surface area contributed by atoms with E-state index in [2.05, 4.69) is 5.32 Å². The molecule has 102 valence electrons. The van der Waals surface area contributed by atoms with E-state index in [4.69, 9.17) is 16.7 Å². The Balaban J connectivity index is 2.00. The van der Waals surface area contributed by atoms with Gasteiger partial charge in [-0.05, 0) is 37.5 Å². The van der Waals surface area contributed by atoms with Crippen molar-refractivity contribution in [3.8, 4) is 0 Å². The quantitative estimate of drug-likeness (QED) is 0.897. The molecule has 0 aliphatic heterocycles. The van der Waals surface area contributed by atoms with Crippen LogP contribution >= 0.6 is 11.6 Å². The molecule has 19 heavy (non-hydrogen) atoms. The molecular formula is C13H13ClFNO3. The molecular weight excluding hydrogens is 273 g/mol. The van der Waals surface area contributed by atoms with E-state index in [1.807, 2.05) is 0 Å². The predicted octanol–water partition coefficient (Wildman–Crippen LogP) is 2.92. The first kappa shape index (κ1) is 13.8. The van der Waals surface area contributed by atoms with Crippen LogP contribution in [0.5, 0.6) is 0 Å². The monoisotopic (exact) mass is 285 g/mol. The van der Waals surface area contributed by atoms with E-state index in [9.17, 15) is 14.0 Å². The number of benzene rings is 1. The van der Waals surface area contributed by atoms with Gasteiger partial charge >= 0.3 is 5.97 Å². The Morgan fingerprint density at radius 3 is 2.58 bits per heavy atom. The van der Waals surface area contributed by atoms with Crippen molar-refractivity contribution in [2.75, 3.05) is 5.32 Å². The number of anilines is 1. The number of hydrogen-bond acceptors (Lipinski definition) is 2. The average Bonchev–Trinajstić information content (AvgIpc) is 2.82. The van der Waals surface area contributed by atoms with Crippen LogP contribution in [0.3, 0.4) is 0 Å². The van der Waals surface area contributed by atoms with Crippen molar-refractivity contribution < 1.29 is 19.1 Å². The minimum absolute atomic E-state index is 0.0631. The van der Waals surface area contributed by atoms with Gasteiger partial charge in [-0.2, -0.15) is 0 Å². The smallest absolute Gasteiger partial charge is 0.306 e. The maximum absolute atomic E-state index is 13.5. The van der Waals surface area contributed by atoms with E-state index < -0.39 is 17.7 Å². The van der Waals surface area contributed by atoms with Crippen LogP contribution in [0.1, 0.15) is 19.3 Å². The summed E-state index contributed by atoms with van der Waals surface area (Å²) in [6, 6.07) is 3.99. The molecule has 1 amide bonds. The Labute approximate surface area is 114 Å². The molecule has 1 aromatic rings. The molecule has 2 atom stereocenters. The molecule has 0 heterocycles. The molecule has 0 spiro atoms. The van der Waals surface area contributed by atoms with Crippen molar-refractivity contribution in [1.82, 2.24) is 0 Å². The van der Waals surface area contributed by atoms with Crippen LogP contribution in [0.2, 0.25) is 5.02 Å². The highest BCUT2D eigenvalue weighted by Crippen LogP contribution is 2.32. The minimum atomic E-state index is -0.882. The van der Waals surface area contributed by atoms with Crippen molar-refractivity contribution in [1.29, 1.82) is 0 Å². The molecule has 2 unspecified atom stereocenters. The van der Waals surface area contributed by atoms with Gasteiger partial charge in [0.05, 0.1) is 11.6 Å². The van der Waals surface area contributed by atoms with E-state index in [0.29, 0.717) is 19.3 Å². The lowest BCUT2D eigenvalue weighted by molar-refractivity contribution is -0.141. The van der Waals surface area contributed by atoms with Crippen LogP contribution in [0.4, 0.5) is 10.1 Å². The molecule has 1 fully saturated rings. The summed E-state index contributed by atoms with van der Waals surface area (Å²) in [5.74, 6) is -2.69. The number of carboxylic acids is 1. The number of carbonyl (C=O) groups is 2. The highest BCUT2D eigenvalue weighted by molar-refractivity contribution is 6.30. The second kappa shape index (κ2) is 5.57. The Hall–Kier alpha value is -1.62. The molecule has 1 aromatic carbocycles. The molecule has 6 heteroatoms. The normalized spacial score (nSPS) is 22.2. The molecule has 1 aliphatic carbocycles. The Morgan fingerprint density at radius 2 is 2.00 bits per heavy atom. The lowest BCUT2D eigenvalue weighted by Crippen LogP contribution is -2.22. The topological polar surface area (TPSA) is 66.4 Å². The standard InChI is InChI=1S/C13H13ClFNO3/c14-9-3-4-11(10(15)6-9)16-12(17)7-1-2-8(5-7)13(18)19/h3-4,6-8H,1-2,5H2,(H,16,17)(H,18,19). The molecule has 0 aromatic heterocycles. The largest absolute Gasteiger partial charge is 0.481 e. The van der Waals surface area contributed by atoms with Gasteiger partial charge in [0, 0.05) is 10.9 Å². The maximum atomic E-state index is 13.5. The number of hydrogen-bond donors (Lipinski definition) is 2. The van der Waals surface area contributed by atoms with Gasteiger partial charge in [-0.1, -0.05) is 11.6 Å². The third-order valence-electron chi connectivity index (χ3n) is 3.34.